The Kier molecular flexibility index (Phi) is 40.2. The molecule has 0 aliphatic rings. The normalized spacial score (nSPS) is 13.8. The predicted molar refractivity (Wildman–Crippen MR) is 236 cm³/mol. The van der Waals surface area contributed by atoms with Crippen molar-refractivity contribution in [1.29, 1.82) is 0 Å². The topological polar surface area (TPSA) is 72.8 Å². The number of quaternary nitrogens is 1. The molecule has 0 saturated heterocycles. The van der Waals surface area contributed by atoms with Crippen LogP contribution in [0, 0.1) is 11.8 Å². The van der Waals surface area contributed by atoms with Crippen LogP contribution < -0.4 is 0 Å². The van der Waals surface area contributed by atoms with Crippen molar-refractivity contribution in [2.75, 3.05) is 46.5 Å². The van der Waals surface area contributed by atoms with E-state index in [1.54, 1.807) is 0 Å². The maximum Gasteiger partial charge on any atom is 0.308 e. The summed E-state index contributed by atoms with van der Waals surface area (Å²) in [4.78, 5) is 26.0. The lowest BCUT2D eigenvalue weighted by Crippen LogP contribution is -2.46. The van der Waals surface area contributed by atoms with Gasteiger partial charge in [-0.3, -0.25) is 9.59 Å². The fraction of sp³-hybridized carbons (Fsp3) is 0.959. The van der Waals surface area contributed by atoms with E-state index in [2.05, 4.69) is 34.7 Å². The molecule has 0 spiro atoms. The summed E-state index contributed by atoms with van der Waals surface area (Å²) in [6.07, 6.45) is 39.7. The number of unbranched alkanes of at least 4 members (excludes halogenated alkanes) is 23. The molecule has 2 unspecified atom stereocenters. The molecule has 0 saturated carbocycles. The van der Waals surface area contributed by atoms with Gasteiger partial charge in [0.05, 0.1) is 51.7 Å². The summed E-state index contributed by atoms with van der Waals surface area (Å²) < 4.78 is 12.8. The van der Waals surface area contributed by atoms with Crippen LogP contribution in [-0.4, -0.2) is 68.0 Å². The third-order valence-corrected chi connectivity index (χ3v) is 12.1. The maximum absolute atomic E-state index is 13.0. The van der Waals surface area contributed by atoms with E-state index >= 15 is 0 Å². The summed E-state index contributed by atoms with van der Waals surface area (Å²) in [5.74, 6) is 0.294. The Balaban J connectivity index is 4.49. The Morgan fingerprint density at radius 2 is 0.673 bits per heavy atom. The van der Waals surface area contributed by atoms with Gasteiger partial charge in [0.1, 0.15) is 0 Å². The van der Waals surface area contributed by atoms with E-state index in [9.17, 15) is 14.7 Å². The number of rotatable bonds is 44. The number of esters is 2. The minimum Gasteiger partial charge on any atom is -0.465 e. The Hall–Kier alpha value is -1.14. The SMILES string of the molecule is CCCCCCCCC(CCCCCC)C(=O)OCCCCCC[N+](C)(CCCCO)CCCCCCOC(=O)C(CCCCCC)CCCCCCCC. The van der Waals surface area contributed by atoms with Crippen LogP contribution in [0.2, 0.25) is 0 Å². The second-order valence-electron chi connectivity index (χ2n) is 17.6. The van der Waals surface area contributed by atoms with Gasteiger partial charge in [0.25, 0.3) is 0 Å². The predicted octanol–water partition coefficient (Wildman–Crippen LogP) is 14.1. The van der Waals surface area contributed by atoms with E-state index in [-0.39, 0.29) is 30.4 Å². The van der Waals surface area contributed by atoms with E-state index in [0.29, 0.717) is 13.2 Å². The summed E-state index contributed by atoms with van der Waals surface area (Å²) in [6.45, 7) is 13.9. The van der Waals surface area contributed by atoms with Crippen molar-refractivity contribution in [2.45, 2.75) is 246 Å². The van der Waals surface area contributed by atoms with Crippen LogP contribution in [0.25, 0.3) is 0 Å². The van der Waals surface area contributed by atoms with Crippen molar-refractivity contribution in [1.82, 2.24) is 0 Å². The minimum absolute atomic E-state index is 0.0573. The zero-order valence-corrected chi connectivity index (χ0v) is 38.0. The monoisotopic (exact) mass is 781 g/mol. The van der Waals surface area contributed by atoms with Crippen molar-refractivity contribution >= 4 is 11.9 Å². The molecule has 0 heterocycles. The molecular weight excluding hydrogens is 683 g/mol. The number of nitrogens with zero attached hydrogens (tertiary/aromatic N) is 1. The van der Waals surface area contributed by atoms with Crippen molar-refractivity contribution in [3.63, 3.8) is 0 Å². The number of hydrogen-bond acceptors (Lipinski definition) is 5. The van der Waals surface area contributed by atoms with E-state index in [1.165, 1.54) is 142 Å². The minimum atomic E-state index is 0.0573. The quantitative estimate of drug-likeness (QED) is 0.0379. The Morgan fingerprint density at radius 1 is 0.400 bits per heavy atom. The van der Waals surface area contributed by atoms with Crippen LogP contribution in [0.3, 0.4) is 0 Å². The fourth-order valence-electron chi connectivity index (χ4n) is 8.16. The van der Waals surface area contributed by atoms with Crippen LogP contribution in [0.5, 0.6) is 0 Å². The van der Waals surface area contributed by atoms with Crippen molar-refractivity contribution in [2.24, 2.45) is 11.8 Å². The molecule has 328 valence electrons. The van der Waals surface area contributed by atoms with Gasteiger partial charge in [-0.2, -0.15) is 0 Å². The standard InChI is InChI=1S/C49H98NO5/c1-6-10-14-18-20-28-38-46(36-26-16-12-8-3)48(52)54-44-34-24-22-30-40-50(5,42-32-33-43-51)41-31-23-25-35-45-55-49(53)47(37-27-17-13-9-4)39-29-21-19-15-11-7-2/h46-47,51H,6-45H2,1-5H3/q+1. The van der Waals surface area contributed by atoms with Gasteiger partial charge < -0.3 is 19.1 Å². The Morgan fingerprint density at radius 3 is 1.02 bits per heavy atom. The van der Waals surface area contributed by atoms with E-state index < -0.39 is 0 Å². The molecule has 0 fully saturated rings. The number of ether oxygens (including phenoxy) is 2. The van der Waals surface area contributed by atoms with Gasteiger partial charge in [0.2, 0.25) is 0 Å². The molecule has 0 aromatic carbocycles. The van der Waals surface area contributed by atoms with Crippen LogP contribution in [0.4, 0.5) is 0 Å². The highest BCUT2D eigenvalue weighted by atomic mass is 16.5. The maximum atomic E-state index is 13.0. The molecule has 6 nitrogen and oxygen atoms in total. The van der Waals surface area contributed by atoms with Crippen LogP contribution in [0.15, 0.2) is 0 Å². The first-order chi connectivity index (χ1) is 26.9. The molecular formula is C49H98NO5+. The highest BCUT2D eigenvalue weighted by Crippen LogP contribution is 2.23. The van der Waals surface area contributed by atoms with Gasteiger partial charge in [0.15, 0.2) is 0 Å². The second kappa shape index (κ2) is 41.0. The summed E-state index contributed by atoms with van der Waals surface area (Å²) in [6, 6.07) is 0. The van der Waals surface area contributed by atoms with Gasteiger partial charge in [-0.05, 0) is 89.9 Å². The van der Waals surface area contributed by atoms with Crippen LogP contribution >= 0.6 is 0 Å². The zero-order chi connectivity index (χ0) is 40.5. The highest BCUT2D eigenvalue weighted by molar-refractivity contribution is 5.72. The summed E-state index contributed by atoms with van der Waals surface area (Å²) in [5, 5.41) is 9.42. The average Bonchev–Trinajstić information content (AvgIpc) is 3.18. The van der Waals surface area contributed by atoms with Crippen molar-refractivity contribution < 1.29 is 28.7 Å². The molecule has 0 bridgehead atoms. The van der Waals surface area contributed by atoms with E-state index in [4.69, 9.17) is 9.47 Å². The van der Waals surface area contributed by atoms with E-state index in [1.807, 2.05) is 0 Å². The molecule has 0 amide bonds. The second-order valence-corrected chi connectivity index (χ2v) is 17.6. The number of aliphatic hydroxyl groups is 1. The molecule has 0 aliphatic heterocycles. The number of carbonyl (C=O) groups excluding carboxylic acids is 2. The van der Waals surface area contributed by atoms with Gasteiger partial charge in [-0.25, -0.2) is 0 Å². The molecule has 55 heavy (non-hydrogen) atoms. The fourth-order valence-corrected chi connectivity index (χ4v) is 8.16. The molecule has 2 atom stereocenters. The highest BCUT2D eigenvalue weighted by Gasteiger charge is 2.22. The molecule has 1 N–H and O–H groups in total. The first-order valence-corrected chi connectivity index (χ1v) is 24.6. The largest absolute Gasteiger partial charge is 0.465 e. The Labute approximate surface area is 344 Å². The third kappa shape index (κ3) is 34.6. The summed E-state index contributed by atoms with van der Waals surface area (Å²) in [7, 11) is 2.40. The molecule has 0 radical (unpaired) electrons. The number of aliphatic hydroxyl groups excluding tert-OH is 1. The third-order valence-electron chi connectivity index (χ3n) is 12.1. The molecule has 0 aliphatic carbocycles. The Bertz CT molecular complexity index is 761. The number of hydrogen-bond donors (Lipinski definition) is 1. The van der Waals surface area contributed by atoms with Gasteiger partial charge in [0, 0.05) is 6.61 Å². The zero-order valence-electron chi connectivity index (χ0n) is 38.0. The molecule has 0 aromatic rings. The van der Waals surface area contributed by atoms with E-state index in [0.717, 1.165) is 101 Å². The first-order valence-electron chi connectivity index (χ1n) is 24.6. The van der Waals surface area contributed by atoms with Crippen LogP contribution in [-0.2, 0) is 19.1 Å². The lowest BCUT2D eigenvalue weighted by Gasteiger charge is -2.35. The first kappa shape index (κ1) is 53.9. The van der Waals surface area contributed by atoms with Crippen molar-refractivity contribution in [3.05, 3.63) is 0 Å². The van der Waals surface area contributed by atoms with Gasteiger partial charge in [-0.1, -0.05) is 156 Å². The summed E-state index contributed by atoms with van der Waals surface area (Å²) in [5.41, 5.74) is 0. The smallest absolute Gasteiger partial charge is 0.308 e. The molecule has 0 rings (SSSR count). The molecule has 0 aromatic heterocycles. The summed E-state index contributed by atoms with van der Waals surface area (Å²) >= 11 is 0. The van der Waals surface area contributed by atoms with Crippen molar-refractivity contribution in [3.8, 4) is 0 Å². The van der Waals surface area contributed by atoms with Crippen LogP contribution in [0.1, 0.15) is 246 Å². The van der Waals surface area contributed by atoms with Gasteiger partial charge in [-0.15, -0.1) is 0 Å². The lowest BCUT2D eigenvalue weighted by molar-refractivity contribution is -0.910. The molecule has 6 heteroatoms. The lowest BCUT2D eigenvalue weighted by atomic mass is 9.94. The number of carbonyl (C=O) groups is 2. The average molecular weight is 781 g/mol. The van der Waals surface area contributed by atoms with Gasteiger partial charge >= 0.3 is 11.9 Å².